The number of benzene rings is 1. The topological polar surface area (TPSA) is 41.6 Å². The molecule has 0 radical (unpaired) electrons. The summed E-state index contributed by atoms with van der Waals surface area (Å²) in [6, 6.07) is 4.24. The maximum absolute atomic E-state index is 13.0. The highest BCUT2D eigenvalue weighted by Gasteiger charge is 2.23. The molecule has 2 rings (SSSR count). The number of nitrogens with zero attached hydrogens (tertiary/aromatic N) is 1. The summed E-state index contributed by atoms with van der Waals surface area (Å²) >= 11 is 5.64. The van der Waals surface area contributed by atoms with E-state index in [0.29, 0.717) is 5.75 Å². The van der Waals surface area contributed by atoms with E-state index in [2.05, 4.69) is 5.32 Å². The van der Waals surface area contributed by atoms with Gasteiger partial charge in [-0.1, -0.05) is 11.6 Å². The summed E-state index contributed by atoms with van der Waals surface area (Å²) in [6.07, 6.45) is 0.949. The Balaban J connectivity index is 0.00000200. The Kier molecular flexibility index (Phi) is 6.52. The van der Waals surface area contributed by atoms with Crippen LogP contribution in [-0.4, -0.2) is 43.6 Å². The molecule has 1 heterocycles. The highest BCUT2D eigenvalue weighted by Crippen LogP contribution is 2.21. The van der Waals surface area contributed by atoms with Gasteiger partial charge < -0.3 is 15.0 Å². The zero-order valence-corrected chi connectivity index (χ0v) is 12.6. The zero-order chi connectivity index (χ0) is 13.8. The van der Waals surface area contributed by atoms with Gasteiger partial charge >= 0.3 is 0 Å². The summed E-state index contributed by atoms with van der Waals surface area (Å²) < 4.78 is 18.3. The molecule has 0 aliphatic carbocycles. The van der Waals surface area contributed by atoms with Crippen LogP contribution in [0.5, 0.6) is 5.75 Å². The van der Waals surface area contributed by atoms with Gasteiger partial charge in [-0.3, -0.25) is 4.79 Å². The first-order chi connectivity index (χ1) is 9.08. The third-order valence-corrected chi connectivity index (χ3v) is 3.52. The number of rotatable bonds is 4. The van der Waals surface area contributed by atoms with E-state index in [0.717, 1.165) is 19.5 Å². The standard InChI is InChI=1S/C13H16ClFN2O2.ClH/c1-17(9-4-5-16-7-9)13(18)8-19-10-2-3-12(15)11(14)6-10;/h2-3,6,9,16H,4-5,7-8H2,1H3;1H. The van der Waals surface area contributed by atoms with Crippen molar-refractivity contribution < 1.29 is 13.9 Å². The molecule has 0 saturated carbocycles. The van der Waals surface area contributed by atoms with Crippen molar-refractivity contribution in [2.75, 3.05) is 26.7 Å². The minimum atomic E-state index is -0.505. The van der Waals surface area contributed by atoms with Gasteiger partial charge in [-0.25, -0.2) is 4.39 Å². The molecule has 1 aliphatic rings. The fraction of sp³-hybridized carbons (Fsp3) is 0.462. The van der Waals surface area contributed by atoms with E-state index in [9.17, 15) is 9.18 Å². The van der Waals surface area contributed by atoms with E-state index >= 15 is 0 Å². The summed E-state index contributed by atoms with van der Waals surface area (Å²) in [5, 5.41) is 3.19. The minimum absolute atomic E-state index is 0. The van der Waals surface area contributed by atoms with Crippen LogP contribution in [-0.2, 0) is 4.79 Å². The quantitative estimate of drug-likeness (QED) is 0.923. The van der Waals surface area contributed by atoms with E-state index in [-0.39, 0.29) is 36.0 Å². The first kappa shape index (κ1) is 17.0. The van der Waals surface area contributed by atoms with Gasteiger partial charge in [-0.2, -0.15) is 0 Å². The number of hydrogen-bond donors (Lipinski definition) is 1. The van der Waals surface area contributed by atoms with Gasteiger partial charge in [0.2, 0.25) is 0 Å². The number of ether oxygens (including phenoxy) is 1. The lowest BCUT2D eigenvalue weighted by atomic mass is 10.2. The first-order valence-corrected chi connectivity index (χ1v) is 6.50. The molecule has 1 amide bonds. The van der Waals surface area contributed by atoms with Crippen LogP contribution >= 0.6 is 24.0 Å². The smallest absolute Gasteiger partial charge is 0.260 e. The molecule has 4 nitrogen and oxygen atoms in total. The molecule has 1 fully saturated rings. The van der Waals surface area contributed by atoms with E-state index in [1.165, 1.54) is 18.2 Å². The zero-order valence-electron chi connectivity index (χ0n) is 11.1. The Bertz CT molecular complexity index is 468. The van der Waals surface area contributed by atoms with Gasteiger partial charge in [-0.05, 0) is 25.1 Å². The van der Waals surface area contributed by atoms with Gasteiger partial charge in [0.1, 0.15) is 11.6 Å². The lowest BCUT2D eigenvalue weighted by molar-refractivity contribution is -0.133. The first-order valence-electron chi connectivity index (χ1n) is 6.12. The van der Waals surface area contributed by atoms with Crippen LogP contribution in [0.3, 0.4) is 0 Å². The van der Waals surface area contributed by atoms with E-state index in [1.807, 2.05) is 0 Å². The lowest BCUT2D eigenvalue weighted by Gasteiger charge is -2.23. The fourth-order valence-corrected chi connectivity index (χ4v) is 2.16. The Morgan fingerprint density at radius 1 is 1.60 bits per heavy atom. The van der Waals surface area contributed by atoms with Crippen molar-refractivity contribution in [1.29, 1.82) is 0 Å². The highest BCUT2D eigenvalue weighted by molar-refractivity contribution is 6.30. The molecule has 20 heavy (non-hydrogen) atoms. The number of nitrogens with one attached hydrogen (secondary N) is 1. The molecule has 1 atom stereocenters. The number of halogens is 3. The summed E-state index contributed by atoms with van der Waals surface area (Å²) in [4.78, 5) is 13.6. The number of amides is 1. The fourth-order valence-electron chi connectivity index (χ4n) is 1.99. The van der Waals surface area contributed by atoms with Gasteiger partial charge in [0.25, 0.3) is 5.91 Å². The molecule has 1 N–H and O–H groups in total. The van der Waals surface area contributed by atoms with Crippen LogP contribution in [0.2, 0.25) is 5.02 Å². The second-order valence-corrected chi connectivity index (χ2v) is 4.92. The van der Waals surface area contributed by atoms with Crippen molar-refractivity contribution in [1.82, 2.24) is 10.2 Å². The van der Waals surface area contributed by atoms with Crippen LogP contribution in [0.25, 0.3) is 0 Å². The Morgan fingerprint density at radius 2 is 2.35 bits per heavy atom. The Labute approximate surface area is 128 Å². The molecule has 1 aromatic rings. The second-order valence-electron chi connectivity index (χ2n) is 4.52. The van der Waals surface area contributed by atoms with E-state index < -0.39 is 5.82 Å². The number of likely N-dealkylation sites (N-methyl/N-ethyl adjacent to an activating group) is 1. The predicted octanol–water partition coefficient (Wildman–Crippen LogP) is 2.10. The highest BCUT2D eigenvalue weighted by atomic mass is 35.5. The number of carbonyl (C=O) groups excluding carboxylic acids is 1. The van der Waals surface area contributed by atoms with Crippen molar-refractivity contribution >= 4 is 29.9 Å². The molecule has 7 heteroatoms. The lowest BCUT2D eigenvalue weighted by Crippen LogP contribution is -2.40. The molecular formula is C13H17Cl2FN2O2. The average molecular weight is 323 g/mol. The van der Waals surface area contributed by atoms with Gasteiger partial charge in [-0.15, -0.1) is 12.4 Å². The Morgan fingerprint density at radius 3 is 2.95 bits per heavy atom. The second kappa shape index (κ2) is 7.67. The van der Waals surface area contributed by atoms with E-state index in [1.54, 1.807) is 11.9 Å². The van der Waals surface area contributed by atoms with Crippen molar-refractivity contribution in [3.8, 4) is 5.75 Å². The maximum Gasteiger partial charge on any atom is 0.260 e. The molecule has 1 saturated heterocycles. The van der Waals surface area contributed by atoms with Crippen LogP contribution in [0.15, 0.2) is 18.2 Å². The molecule has 112 valence electrons. The van der Waals surface area contributed by atoms with Crippen molar-refractivity contribution in [3.63, 3.8) is 0 Å². The summed E-state index contributed by atoms with van der Waals surface area (Å²) in [7, 11) is 1.76. The average Bonchev–Trinajstić information content (AvgIpc) is 2.93. The predicted molar refractivity (Wildman–Crippen MR) is 78.2 cm³/mol. The molecular weight excluding hydrogens is 306 g/mol. The molecule has 0 bridgehead atoms. The third-order valence-electron chi connectivity index (χ3n) is 3.23. The summed E-state index contributed by atoms with van der Waals surface area (Å²) in [5.41, 5.74) is 0. The molecule has 1 unspecified atom stereocenters. The molecule has 1 aliphatic heterocycles. The molecule has 0 aromatic heterocycles. The normalized spacial score (nSPS) is 17.4. The van der Waals surface area contributed by atoms with Crippen LogP contribution in [0.1, 0.15) is 6.42 Å². The number of hydrogen-bond acceptors (Lipinski definition) is 3. The largest absolute Gasteiger partial charge is 0.484 e. The van der Waals surface area contributed by atoms with Crippen LogP contribution < -0.4 is 10.1 Å². The van der Waals surface area contributed by atoms with Gasteiger partial charge in [0.15, 0.2) is 6.61 Å². The summed E-state index contributed by atoms with van der Waals surface area (Å²) in [6.45, 7) is 1.66. The monoisotopic (exact) mass is 322 g/mol. The Hall–Kier alpha value is -1.04. The SMILES string of the molecule is CN(C(=O)COc1ccc(F)c(Cl)c1)C1CCNC1.Cl. The van der Waals surface area contributed by atoms with Crippen LogP contribution in [0, 0.1) is 5.82 Å². The third kappa shape index (κ3) is 4.23. The minimum Gasteiger partial charge on any atom is -0.484 e. The van der Waals surface area contributed by atoms with Gasteiger partial charge in [0, 0.05) is 25.7 Å². The van der Waals surface area contributed by atoms with Gasteiger partial charge in [0.05, 0.1) is 5.02 Å². The van der Waals surface area contributed by atoms with Crippen molar-refractivity contribution in [2.45, 2.75) is 12.5 Å². The van der Waals surface area contributed by atoms with Crippen LogP contribution in [0.4, 0.5) is 4.39 Å². The maximum atomic E-state index is 13.0. The number of carbonyl (C=O) groups is 1. The molecule has 1 aromatic carbocycles. The van der Waals surface area contributed by atoms with E-state index in [4.69, 9.17) is 16.3 Å². The van der Waals surface area contributed by atoms with Crippen molar-refractivity contribution in [3.05, 3.63) is 29.0 Å². The van der Waals surface area contributed by atoms with Crippen molar-refractivity contribution in [2.24, 2.45) is 0 Å². The molecule has 0 spiro atoms. The summed E-state index contributed by atoms with van der Waals surface area (Å²) in [5.74, 6) is -0.221.